The molecule has 0 aromatic heterocycles. The topological polar surface area (TPSA) is 167 Å². The number of benzene rings is 1. The molecule has 29 heavy (non-hydrogen) atoms. The number of hydrogen-bond acceptors (Lipinski definition) is 7. The molecule has 1 aromatic rings. The standard InChI is InChI=1S/C17H16N2O8S2/c1-12(21)19-17(18-11-20)9-8-14(16(10-17)29(25,26)27)7-6-13-4-2-3-5-15(13)28(22,23)24/h2-9H,10H2,1H3,(H,19,21)(H,22,23,24)(H,25,26,27). The Morgan fingerprint density at radius 3 is 2.38 bits per heavy atom. The van der Waals surface area contributed by atoms with Gasteiger partial charge in [-0.3, -0.25) is 13.9 Å². The van der Waals surface area contributed by atoms with Crippen LogP contribution in [-0.4, -0.2) is 43.6 Å². The number of carbonyl (C=O) groups is 1. The van der Waals surface area contributed by atoms with E-state index in [9.17, 15) is 35.5 Å². The highest BCUT2D eigenvalue weighted by Gasteiger charge is 2.36. The van der Waals surface area contributed by atoms with Crippen molar-refractivity contribution in [2.24, 2.45) is 4.99 Å². The van der Waals surface area contributed by atoms with Gasteiger partial charge in [-0.2, -0.15) is 21.8 Å². The number of rotatable bonds is 6. The Bertz CT molecular complexity index is 1190. The summed E-state index contributed by atoms with van der Waals surface area (Å²) in [5.74, 6) is -0.607. The largest absolute Gasteiger partial charge is 0.328 e. The lowest BCUT2D eigenvalue weighted by molar-refractivity contribution is -0.120. The van der Waals surface area contributed by atoms with E-state index in [0.717, 1.165) is 13.0 Å². The van der Waals surface area contributed by atoms with Gasteiger partial charge in [0.15, 0.2) is 5.66 Å². The van der Waals surface area contributed by atoms with Crippen molar-refractivity contribution in [2.45, 2.75) is 23.9 Å². The van der Waals surface area contributed by atoms with Crippen LogP contribution < -0.4 is 5.32 Å². The number of nitrogens with zero attached hydrogens (tertiary/aromatic N) is 1. The summed E-state index contributed by atoms with van der Waals surface area (Å²) in [6.07, 6.45) is 5.53. The van der Waals surface area contributed by atoms with Crippen LogP contribution in [0.4, 0.5) is 0 Å². The van der Waals surface area contributed by atoms with Gasteiger partial charge in [0.1, 0.15) is 4.90 Å². The third-order valence-electron chi connectivity index (χ3n) is 3.88. The number of isocyanates is 1. The molecule has 0 bridgehead atoms. The van der Waals surface area contributed by atoms with E-state index in [-0.39, 0.29) is 11.1 Å². The third kappa shape index (κ3) is 5.56. The lowest BCUT2D eigenvalue weighted by atomic mass is 9.96. The average Bonchev–Trinajstić information content (AvgIpc) is 2.59. The van der Waals surface area contributed by atoms with Gasteiger partial charge in [0.05, 0.1) is 4.91 Å². The van der Waals surface area contributed by atoms with Crippen molar-refractivity contribution in [1.29, 1.82) is 0 Å². The summed E-state index contributed by atoms with van der Waals surface area (Å²) in [5, 5.41) is 2.32. The average molecular weight is 440 g/mol. The molecule has 0 radical (unpaired) electrons. The van der Waals surface area contributed by atoms with E-state index in [4.69, 9.17) is 0 Å². The smallest absolute Gasteiger partial charge is 0.295 e. The van der Waals surface area contributed by atoms with Gasteiger partial charge in [0, 0.05) is 13.3 Å². The van der Waals surface area contributed by atoms with E-state index in [1.54, 1.807) is 0 Å². The maximum atomic E-state index is 11.9. The fraction of sp³-hybridized carbons (Fsp3) is 0.176. The summed E-state index contributed by atoms with van der Waals surface area (Å²) in [5.41, 5.74) is -1.72. The molecule has 3 N–H and O–H groups in total. The van der Waals surface area contributed by atoms with Gasteiger partial charge in [-0.25, -0.2) is 4.79 Å². The molecule has 12 heteroatoms. The summed E-state index contributed by atoms with van der Waals surface area (Å²) in [6.45, 7) is 1.13. The Hall–Kier alpha value is -2.89. The van der Waals surface area contributed by atoms with Gasteiger partial charge in [-0.1, -0.05) is 36.4 Å². The number of aliphatic imine (C=N–C) groups is 1. The monoisotopic (exact) mass is 440 g/mol. The predicted octanol–water partition coefficient (Wildman–Crippen LogP) is 1.22. The first-order chi connectivity index (χ1) is 13.4. The zero-order chi connectivity index (χ0) is 21.9. The van der Waals surface area contributed by atoms with Gasteiger partial charge in [0.2, 0.25) is 12.0 Å². The number of nitrogens with one attached hydrogen (secondary N) is 1. The second-order valence-corrected chi connectivity index (χ2v) is 8.85. The Morgan fingerprint density at radius 2 is 1.83 bits per heavy atom. The molecule has 0 spiro atoms. The first kappa shape index (κ1) is 22.4. The maximum Gasteiger partial charge on any atom is 0.295 e. The van der Waals surface area contributed by atoms with Crippen molar-refractivity contribution in [3.63, 3.8) is 0 Å². The van der Waals surface area contributed by atoms with Crippen molar-refractivity contribution < 1.29 is 35.5 Å². The molecule has 2 rings (SSSR count). The molecule has 0 aliphatic heterocycles. The molecular formula is C17H16N2O8S2. The molecule has 1 aliphatic rings. The van der Waals surface area contributed by atoms with E-state index in [1.165, 1.54) is 48.6 Å². The summed E-state index contributed by atoms with van der Waals surface area (Å²) < 4.78 is 65.5. The van der Waals surface area contributed by atoms with E-state index in [0.29, 0.717) is 0 Å². The van der Waals surface area contributed by atoms with Crippen molar-refractivity contribution in [1.82, 2.24) is 5.32 Å². The Balaban J connectivity index is 2.57. The Kier molecular flexibility index (Phi) is 6.36. The van der Waals surface area contributed by atoms with Crippen LogP contribution in [0.1, 0.15) is 18.9 Å². The number of allylic oxidation sites excluding steroid dienone is 3. The lowest BCUT2D eigenvalue weighted by Crippen LogP contribution is -2.46. The minimum Gasteiger partial charge on any atom is -0.328 e. The van der Waals surface area contributed by atoms with Crippen LogP contribution in [0, 0.1) is 0 Å². The van der Waals surface area contributed by atoms with Crippen molar-refractivity contribution >= 4 is 38.3 Å². The Morgan fingerprint density at radius 1 is 1.17 bits per heavy atom. The molecule has 1 unspecified atom stereocenters. The Labute approximate surface area is 166 Å². The lowest BCUT2D eigenvalue weighted by Gasteiger charge is -2.29. The van der Waals surface area contributed by atoms with Crippen LogP contribution in [-0.2, 0) is 29.8 Å². The second kappa shape index (κ2) is 8.23. The van der Waals surface area contributed by atoms with E-state index < -0.39 is 48.0 Å². The summed E-state index contributed by atoms with van der Waals surface area (Å²) >= 11 is 0. The predicted molar refractivity (Wildman–Crippen MR) is 102 cm³/mol. The van der Waals surface area contributed by atoms with Gasteiger partial charge in [0.25, 0.3) is 20.2 Å². The molecule has 10 nitrogen and oxygen atoms in total. The van der Waals surface area contributed by atoms with Crippen molar-refractivity contribution in [3.8, 4) is 0 Å². The molecule has 1 aliphatic carbocycles. The number of amides is 1. The molecule has 0 saturated carbocycles. The van der Waals surface area contributed by atoms with Gasteiger partial charge >= 0.3 is 0 Å². The van der Waals surface area contributed by atoms with Gasteiger partial charge < -0.3 is 5.32 Å². The van der Waals surface area contributed by atoms with Crippen molar-refractivity contribution in [3.05, 3.63) is 58.5 Å². The highest BCUT2D eigenvalue weighted by atomic mass is 32.2. The van der Waals surface area contributed by atoms with Crippen molar-refractivity contribution in [2.75, 3.05) is 0 Å². The van der Waals surface area contributed by atoms with Crippen LogP contribution in [0.3, 0.4) is 0 Å². The molecule has 0 fully saturated rings. The fourth-order valence-electron chi connectivity index (χ4n) is 2.72. The van der Waals surface area contributed by atoms with Crippen LogP contribution in [0.5, 0.6) is 0 Å². The SMILES string of the molecule is CC(=O)NC1(N=C=O)C=CC(C=Cc2ccccc2S(=O)(=O)O)=C(S(=O)(=O)O)C1. The molecule has 1 amide bonds. The molecular weight excluding hydrogens is 424 g/mol. The van der Waals surface area contributed by atoms with E-state index in [1.807, 2.05) is 0 Å². The zero-order valence-electron chi connectivity index (χ0n) is 14.9. The minimum absolute atomic E-state index is 0.0419. The minimum atomic E-state index is -4.77. The van der Waals surface area contributed by atoms with E-state index in [2.05, 4.69) is 10.3 Å². The fourth-order valence-corrected chi connectivity index (χ4v) is 4.25. The maximum absolute atomic E-state index is 11.9. The number of carbonyl (C=O) groups excluding carboxylic acids is 2. The quantitative estimate of drug-likeness (QED) is 0.337. The normalized spacial score (nSPS) is 19.8. The van der Waals surface area contributed by atoms with E-state index >= 15 is 0 Å². The second-order valence-electron chi connectivity index (χ2n) is 6.02. The molecule has 0 heterocycles. The first-order valence-corrected chi connectivity index (χ1v) is 10.8. The highest BCUT2D eigenvalue weighted by molar-refractivity contribution is 7.89. The van der Waals surface area contributed by atoms with Crippen LogP contribution in [0.25, 0.3) is 6.08 Å². The third-order valence-corrected chi connectivity index (χ3v) is 5.81. The first-order valence-electron chi connectivity index (χ1n) is 7.90. The summed E-state index contributed by atoms with van der Waals surface area (Å²) in [4.78, 5) is 24.6. The van der Waals surface area contributed by atoms with Crippen LogP contribution in [0.2, 0.25) is 0 Å². The van der Waals surface area contributed by atoms with Gasteiger partial charge in [-0.05, 0) is 23.3 Å². The number of hydrogen-bond donors (Lipinski definition) is 3. The summed E-state index contributed by atoms with van der Waals surface area (Å²) in [6, 6.07) is 5.43. The van der Waals surface area contributed by atoms with Crippen LogP contribution >= 0.6 is 0 Å². The highest BCUT2D eigenvalue weighted by Crippen LogP contribution is 2.32. The zero-order valence-corrected chi connectivity index (χ0v) is 16.6. The van der Waals surface area contributed by atoms with Crippen LogP contribution in [0.15, 0.2) is 62.9 Å². The molecule has 154 valence electrons. The summed E-state index contributed by atoms with van der Waals surface area (Å²) in [7, 11) is -9.30. The van der Waals surface area contributed by atoms with Gasteiger partial charge in [-0.15, -0.1) is 0 Å². The molecule has 1 aromatic carbocycles. The molecule has 0 saturated heterocycles. The molecule has 1 atom stereocenters.